The second-order valence-electron chi connectivity index (χ2n) is 5.34. The Bertz CT molecular complexity index is 419. The van der Waals surface area contributed by atoms with Crippen molar-refractivity contribution in [2.24, 2.45) is 5.92 Å². The van der Waals surface area contributed by atoms with Gasteiger partial charge in [-0.25, -0.2) is 0 Å². The van der Waals surface area contributed by atoms with E-state index in [4.69, 9.17) is 9.47 Å². The summed E-state index contributed by atoms with van der Waals surface area (Å²) in [5, 5.41) is 3.42. The summed E-state index contributed by atoms with van der Waals surface area (Å²) in [6.07, 6.45) is 2.21. The zero-order valence-electron chi connectivity index (χ0n) is 12.3. The predicted octanol–water partition coefficient (Wildman–Crippen LogP) is 3.93. The highest BCUT2D eigenvalue weighted by Crippen LogP contribution is 2.29. The minimum Gasteiger partial charge on any atom is -0.492 e. The third-order valence-electron chi connectivity index (χ3n) is 3.78. The van der Waals surface area contributed by atoms with Crippen molar-refractivity contribution < 1.29 is 9.47 Å². The van der Waals surface area contributed by atoms with Gasteiger partial charge < -0.3 is 14.8 Å². The van der Waals surface area contributed by atoms with Crippen LogP contribution in [0, 0.1) is 5.92 Å². The third kappa shape index (κ3) is 4.47. The van der Waals surface area contributed by atoms with Crippen LogP contribution < -0.4 is 10.1 Å². The molecule has 0 bridgehead atoms. The number of rotatable bonds is 6. The Kier molecular flexibility index (Phi) is 6.33. The van der Waals surface area contributed by atoms with Gasteiger partial charge in [0, 0.05) is 19.3 Å². The standard InChI is InChI=1S/C16H24BrNO2/c1-3-18-12(2)14-4-5-16(15(17)10-14)20-11-13-6-8-19-9-7-13/h4-5,10,12-13,18H,3,6-9,11H2,1-2H3. The molecule has 112 valence electrons. The molecule has 4 heteroatoms. The summed E-state index contributed by atoms with van der Waals surface area (Å²) in [6, 6.07) is 6.71. The molecule has 1 aliphatic rings. The number of nitrogens with one attached hydrogen (secondary N) is 1. The first-order valence-corrected chi connectivity index (χ1v) is 8.23. The summed E-state index contributed by atoms with van der Waals surface area (Å²) in [7, 11) is 0. The lowest BCUT2D eigenvalue weighted by Gasteiger charge is -2.22. The molecule has 1 N–H and O–H groups in total. The molecule has 0 amide bonds. The fourth-order valence-corrected chi connectivity index (χ4v) is 2.96. The molecule has 2 rings (SSSR count). The molecule has 0 aliphatic carbocycles. The summed E-state index contributed by atoms with van der Waals surface area (Å²) in [5.41, 5.74) is 1.28. The second-order valence-corrected chi connectivity index (χ2v) is 6.19. The minimum absolute atomic E-state index is 0.362. The van der Waals surface area contributed by atoms with Crippen LogP contribution in [0.15, 0.2) is 22.7 Å². The summed E-state index contributed by atoms with van der Waals surface area (Å²) in [6.45, 7) is 7.79. The first-order chi connectivity index (χ1) is 9.70. The van der Waals surface area contributed by atoms with Crippen molar-refractivity contribution in [3.05, 3.63) is 28.2 Å². The molecule has 1 aliphatic heterocycles. The average Bonchev–Trinajstić information content (AvgIpc) is 2.47. The molecule has 1 fully saturated rings. The Morgan fingerprint density at radius 1 is 1.40 bits per heavy atom. The zero-order chi connectivity index (χ0) is 14.4. The van der Waals surface area contributed by atoms with Crippen molar-refractivity contribution in [3.63, 3.8) is 0 Å². The molecule has 1 aromatic rings. The molecule has 0 saturated carbocycles. The van der Waals surface area contributed by atoms with Gasteiger partial charge in [-0.2, -0.15) is 0 Å². The summed E-state index contributed by atoms with van der Waals surface area (Å²) in [4.78, 5) is 0. The topological polar surface area (TPSA) is 30.5 Å². The maximum absolute atomic E-state index is 5.95. The highest BCUT2D eigenvalue weighted by Gasteiger charge is 2.15. The average molecular weight is 342 g/mol. The van der Waals surface area contributed by atoms with Gasteiger partial charge in [0.25, 0.3) is 0 Å². The van der Waals surface area contributed by atoms with E-state index in [1.54, 1.807) is 0 Å². The van der Waals surface area contributed by atoms with E-state index in [-0.39, 0.29) is 0 Å². The van der Waals surface area contributed by atoms with Crippen LogP contribution in [-0.2, 0) is 4.74 Å². The molecular formula is C16H24BrNO2. The number of ether oxygens (including phenoxy) is 2. The predicted molar refractivity (Wildman–Crippen MR) is 85.3 cm³/mol. The van der Waals surface area contributed by atoms with E-state index >= 15 is 0 Å². The van der Waals surface area contributed by atoms with E-state index in [1.165, 1.54) is 5.56 Å². The maximum Gasteiger partial charge on any atom is 0.133 e. The molecule has 0 aromatic heterocycles. The van der Waals surface area contributed by atoms with E-state index in [1.807, 2.05) is 0 Å². The first kappa shape index (κ1) is 15.8. The van der Waals surface area contributed by atoms with E-state index in [0.717, 1.165) is 49.4 Å². The van der Waals surface area contributed by atoms with Crippen molar-refractivity contribution in [2.75, 3.05) is 26.4 Å². The minimum atomic E-state index is 0.362. The molecule has 1 unspecified atom stereocenters. The Morgan fingerprint density at radius 2 is 2.15 bits per heavy atom. The molecule has 20 heavy (non-hydrogen) atoms. The zero-order valence-corrected chi connectivity index (χ0v) is 13.9. The van der Waals surface area contributed by atoms with Gasteiger partial charge in [0.2, 0.25) is 0 Å². The van der Waals surface area contributed by atoms with Gasteiger partial charge in [-0.15, -0.1) is 0 Å². The second kappa shape index (κ2) is 8.01. The summed E-state index contributed by atoms with van der Waals surface area (Å²) >= 11 is 3.61. The number of benzene rings is 1. The largest absolute Gasteiger partial charge is 0.492 e. The van der Waals surface area contributed by atoms with Gasteiger partial charge in [-0.1, -0.05) is 13.0 Å². The van der Waals surface area contributed by atoms with Crippen LogP contribution in [-0.4, -0.2) is 26.4 Å². The van der Waals surface area contributed by atoms with Crippen molar-refractivity contribution in [2.45, 2.75) is 32.7 Å². The normalized spacial score (nSPS) is 17.9. The van der Waals surface area contributed by atoms with Crippen molar-refractivity contribution in [1.82, 2.24) is 5.32 Å². The molecular weight excluding hydrogens is 318 g/mol. The van der Waals surface area contributed by atoms with Gasteiger partial charge in [0.05, 0.1) is 11.1 Å². The van der Waals surface area contributed by atoms with Crippen LogP contribution in [0.2, 0.25) is 0 Å². The lowest BCUT2D eigenvalue weighted by Crippen LogP contribution is -2.21. The van der Waals surface area contributed by atoms with Gasteiger partial charge in [0.15, 0.2) is 0 Å². The Hall–Kier alpha value is -0.580. The number of hydrogen-bond donors (Lipinski definition) is 1. The first-order valence-electron chi connectivity index (χ1n) is 7.44. The fourth-order valence-electron chi connectivity index (χ4n) is 2.45. The summed E-state index contributed by atoms with van der Waals surface area (Å²) < 4.78 is 12.4. The lowest BCUT2D eigenvalue weighted by atomic mass is 10.0. The Morgan fingerprint density at radius 3 is 2.80 bits per heavy atom. The SMILES string of the molecule is CCNC(C)c1ccc(OCC2CCOCC2)c(Br)c1. The molecule has 1 saturated heterocycles. The van der Waals surface area contributed by atoms with Gasteiger partial charge in [-0.05, 0) is 65.9 Å². The smallest absolute Gasteiger partial charge is 0.133 e. The van der Waals surface area contributed by atoms with E-state index in [9.17, 15) is 0 Å². The van der Waals surface area contributed by atoms with Gasteiger partial charge in [-0.3, -0.25) is 0 Å². The number of hydrogen-bond acceptors (Lipinski definition) is 3. The lowest BCUT2D eigenvalue weighted by molar-refractivity contribution is 0.0496. The van der Waals surface area contributed by atoms with Crippen molar-refractivity contribution in [1.29, 1.82) is 0 Å². The number of halogens is 1. The Labute approximate surface area is 130 Å². The molecule has 1 atom stereocenters. The van der Waals surface area contributed by atoms with Crippen LogP contribution >= 0.6 is 15.9 Å². The maximum atomic E-state index is 5.95. The van der Waals surface area contributed by atoms with Crippen LogP contribution in [0.4, 0.5) is 0 Å². The molecule has 1 aromatic carbocycles. The van der Waals surface area contributed by atoms with E-state index < -0.39 is 0 Å². The van der Waals surface area contributed by atoms with Crippen molar-refractivity contribution >= 4 is 15.9 Å². The van der Waals surface area contributed by atoms with Crippen LogP contribution in [0.1, 0.15) is 38.3 Å². The van der Waals surface area contributed by atoms with E-state index in [2.05, 4.69) is 53.3 Å². The highest BCUT2D eigenvalue weighted by atomic mass is 79.9. The highest BCUT2D eigenvalue weighted by molar-refractivity contribution is 9.10. The van der Waals surface area contributed by atoms with Gasteiger partial charge >= 0.3 is 0 Å². The van der Waals surface area contributed by atoms with Crippen LogP contribution in [0.25, 0.3) is 0 Å². The molecule has 0 spiro atoms. The third-order valence-corrected chi connectivity index (χ3v) is 4.40. The van der Waals surface area contributed by atoms with E-state index in [0.29, 0.717) is 12.0 Å². The van der Waals surface area contributed by atoms with Crippen molar-refractivity contribution in [3.8, 4) is 5.75 Å². The fraction of sp³-hybridized carbons (Fsp3) is 0.625. The summed E-state index contributed by atoms with van der Waals surface area (Å²) in [5.74, 6) is 1.56. The Balaban J connectivity index is 1.91. The van der Waals surface area contributed by atoms with Crippen LogP contribution in [0.3, 0.4) is 0 Å². The monoisotopic (exact) mass is 341 g/mol. The van der Waals surface area contributed by atoms with Gasteiger partial charge in [0.1, 0.15) is 5.75 Å². The van der Waals surface area contributed by atoms with Crippen LogP contribution in [0.5, 0.6) is 5.75 Å². The quantitative estimate of drug-likeness (QED) is 0.850. The molecule has 0 radical (unpaired) electrons. The molecule has 3 nitrogen and oxygen atoms in total. The molecule has 1 heterocycles.